The van der Waals surface area contributed by atoms with Crippen molar-refractivity contribution >= 4 is 78.1 Å². The van der Waals surface area contributed by atoms with Crippen molar-refractivity contribution in [3.63, 3.8) is 0 Å². The van der Waals surface area contributed by atoms with E-state index >= 15 is 4.39 Å². The number of rotatable bonds is 9. The molecule has 4 saturated heterocycles. The second-order valence-electron chi connectivity index (χ2n) is 17.0. The highest BCUT2D eigenvalue weighted by atomic mass is 32.2. The molecule has 0 unspecified atom stereocenters. The van der Waals surface area contributed by atoms with Gasteiger partial charge in [0.1, 0.15) is 58.2 Å². The second-order valence-corrected chi connectivity index (χ2v) is 19.0. The summed E-state index contributed by atoms with van der Waals surface area (Å²) in [5, 5.41) is 10.3. The molecule has 21 heteroatoms. The van der Waals surface area contributed by atoms with Crippen molar-refractivity contribution in [3.8, 4) is 0 Å². The normalized spacial score (nSPS) is 17.3. The van der Waals surface area contributed by atoms with Crippen LogP contribution in [0.25, 0.3) is 21.8 Å². The smallest absolute Gasteiger partial charge is 0.211 e. The van der Waals surface area contributed by atoms with Crippen molar-refractivity contribution in [1.29, 1.82) is 0 Å². The molecule has 0 saturated carbocycles. The van der Waals surface area contributed by atoms with Crippen LogP contribution in [0.15, 0.2) is 60.7 Å². The fourth-order valence-corrected chi connectivity index (χ4v) is 9.83. The number of anilines is 8. The summed E-state index contributed by atoms with van der Waals surface area (Å²) in [5.41, 5.74) is 2.94. The molecule has 16 nitrogen and oxygen atoms in total. The van der Waals surface area contributed by atoms with Crippen LogP contribution in [0.4, 0.5) is 63.8 Å². The number of halogens is 4. The molecule has 0 atom stereocenters. The minimum Gasteiger partial charge on any atom is -0.378 e. The molecule has 4 aliphatic heterocycles. The second kappa shape index (κ2) is 20.2. The molecule has 0 amide bonds. The van der Waals surface area contributed by atoms with E-state index in [1.165, 1.54) is 22.7 Å². The standard InChI is InChI=1S/C24H28F2N6O3S.C23H26F2N6O/c1-16-23(29-20-4-3-5-21(28-20)30-10-12-35-13-11-30)22-18(26)14-17(25)15-19(22)27-24(16)31-6-8-32(9-7-31)36(2,33)34;1-15-22(29-19-3-2-4-20(28-19)30-9-11-32-12-10-30)21-17(25)13-16(24)14-18(21)27-23(15)31-7-5-26-6-8-31/h3-5,14-15H,6-13H2,1-2H3,(H,27,28,29);2-4,13-14,26H,5-12H2,1H3,(H,27,28,29). The molecular weight excluding hydrogens is 905 g/mol. The quantitative estimate of drug-likeness (QED) is 0.143. The number of nitrogens with one attached hydrogen (secondary N) is 3. The Bertz CT molecular complexity index is 2910. The maximum Gasteiger partial charge on any atom is 0.211 e. The number of ether oxygens (including phenoxy) is 2. The third-order valence-corrected chi connectivity index (χ3v) is 13.8. The van der Waals surface area contributed by atoms with E-state index in [-0.39, 0.29) is 21.8 Å². The van der Waals surface area contributed by atoms with Gasteiger partial charge >= 0.3 is 0 Å². The summed E-state index contributed by atoms with van der Waals surface area (Å²) >= 11 is 0. The van der Waals surface area contributed by atoms with Crippen LogP contribution in [-0.2, 0) is 19.5 Å². The first-order chi connectivity index (χ1) is 32.8. The van der Waals surface area contributed by atoms with Gasteiger partial charge in [-0.1, -0.05) is 12.1 Å². The Labute approximate surface area is 392 Å². The molecule has 0 radical (unpaired) electrons. The number of fused-ring (bicyclic) bond motifs is 2. The van der Waals surface area contributed by atoms with E-state index in [9.17, 15) is 21.6 Å². The van der Waals surface area contributed by atoms with Crippen LogP contribution in [-0.4, -0.2) is 144 Å². The molecule has 0 bridgehead atoms. The highest BCUT2D eigenvalue weighted by Gasteiger charge is 2.28. The SMILES string of the molecule is Cc1c(N2CCN(S(C)(=O)=O)CC2)nc2cc(F)cc(F)c2c1Nc1cccc(N2CCOCC2)n1.Cc1c(N2CCNCC2)nc2cc(F)cc(F)c2c1Nc1cccc(N2CCOCC2)n1. The predicted molar refractivity (Wildman–Crippen MR) is 258 cm³/mol. The van der Waals surface area contributed by atoms with E-state index in [0.717, 1.165) is 87.5 Å². The molecule has 4 fully saturated rings. The molecule has 0 spiro atoms. The fourth-order valence-electron chi connectivity index (χ4n) is 9.00. The lowest BCUT2D eigenvalue weighted by atomic mass is 10.1. The van der Waals surface area contributed by atoms with E-state index in [1.807, 2.05) is 49.1 Å². The fraction of sp³-hybridized carbons (Fsp3) is 0.404. The first kappa shape index (κ1) is 47.0. The van der Waals surface area contributed by atoms with Crippen LogP contribution in [0, 0.1) is 37.1 Å². The van der Waals surface area contributed by atoms with Gasteiger partial charge in [0.2, 0.25) is 10.0 Å². The van der Waals surface area contributed by atoms with Crippen molar-refractivity contribution < 1.29 is 35.5 Å². The summed E-state index contributed by atoms with van der Waals surface area (Å²) in [7, 11) is -3.30. The number of pyridine rings is 4. The molecule has 10 rings (SSSR count). The molecule has 0 aliphatic carbocycles. The largest absolute Gasteiger partial charge is 0.378 e. The van der Waals surface area contributed by atoms with Gasteiger partial charge in [0.05, 0.1) is 65.9 Å². The average Bonchev–Trinajstić information content (AvgIpc) is 3.34. The topological polar surface area (TPSA) is 156 Å². The van der Waals surface area contributed by atoms with Gasteiger partial charge in [0.25, 0.3) is 0 Å². The van der Waals surface area contributed by atoms with Gasteiger partial charge in [0.15, 0.2) is 0 Å². The minimum atomic E-state index is -3.30. The van der Waals surface area contributed by atoms with Crippen LogP contribution in [0.1, 0.15) is 11.1 Å². The summed E-state index contributed by atoms with van der Waals surface area (Å²) in [6, 6.07) is 15.5. The number of hydrogen-bond donors (Lipinski definition) is 3. The van der Waals surface area contributed by atoms with E-state index in [0.29, 0.717) is 87.0 Å². The van der Waals surface area contributed by atoms with E-state index in [1.54, 1.807) is 6.07 Å². The van der Waals surface area contributed by atoms with Gasteiger partial charge in [-0.05, 0) is 38.1 Å². The molecule has 4 aliphatic rings. The van der Waals surface area contributed by atoms with E-state index in [4.69, 9.17) is 19.4 Å². The Balaban J connectivity index is 0.000000171. The van der Waals surface area contributed by atoms with Crippen molar-refractivity contribution in [3.05, 3.63) is 95.1 Å². The maximum absolute atomic E-state index is 15.1. The number of piperazine rings is 2. The lowest BCUT2D eigenvalue weighted by Gasteiger charge is -2.35. The van der Waals surface area contributed by atoms with Crippen molar-refractivity contribution in [2.45, 2.75) is 13.8 Å². The van der Waals surface area contributed by atoms with Gasteiger partial charge in [-0.3, -0.25) is 0 Å². The number of aromatic nitrogens is 4. The Morgan fingerprint density at radius 1 is 0.559 bits per heavy atom. The van der Waals surface area contributed by atoms with E-state index < -0.39 is 33.3 Å². The summed E-state index contributed by atoms with van der Waals surface area (Å²) in [6.07, 6.45) is 1.19. The number of sulfonamides is 1. The van der Waals surface area contributed by atoms with Gasteiger partial charge in [-0.2, -0.15) is 4.31 Å². The number of morpholine rings is 2. The third kappa shape index (κ3) is 10.3. The molecule has 8 heterocycles. The first-order valence-corrected chi connectivity index (χ1v) is 24.5. The minimum absolute atomic E-state index is 0.172. The lowest BCUT2D eigenvalue weighted by molar-refractivity contribution is 0.122. The Morgan fingerprint density at radius 2 is 0.985 bits per heavy atom. The van der Waals surface area contributed by atoms with Crippen LogP contribution in [0.2, 0.25) is 0 Å². The first-order valence-electron chi connectivity index (χ1n) is 22.7. The zero-order valence-electron chi connectivity index (χ0n) is 38.2. The molecule has 4 aromatic heterocycles. The summed E-state index contributed by atoms with van der Waals surface area (Å²) in [4.78, 5) is 27.1. The van der Waals surface area contributed by atoms with Gasteiger partial charge < -0.3 is 45.0 Å². The number of hydrogen-bond acceptors (Lipinski definition) is 15. The molecule has 6 aromatic rings. The highest BCUT2D eigenvalue weighted by molar-refractivity contribution is 7.88. The molecule has 3 N–H and O–H groups in total. The monoisotopic (exact) mass is 958 g/mol. The zero-order valence-corrected chi connectivity index (χ0v) is 39.0. The summed E-state index contributed by atoms with van der Waals surface area (Å²) < 4.78 is 94.3. The Morgan fingerprint density at radius 3 is 1.41 bits per heavy atom. The summed E-state index contributed by atoms with van der Waals surface area (Å²) in [6.45, 7) is 14.0. The maximum atomic E-state index is 15.1. The number of nitrogens with zero attached hydrogens (tertiary/aromatic N) is 9. The van der Waals surface area contributed by atoms with Crippen molar-refractivity contribution in [1.82, 2.24) is 29.6 Å². The molecule has 68 heavy (non-hydrogen) atoms. The third-order valence-electron chi connectivity index (χ3n) is 12.5. The molecular formula is C47H54F4N12O4S. The van der Waals surface area contributed by atoms with Crippen LogP contribution < -0.4 is 35.6 Å². The van der Waals surface area contributed by atoms with Gasteiger partial charge in [0, 0.05) is 114 Å². The number of benzene rings is 2. The molecule has 2 aromatic carbocycles. The van der Waals surface area contributed by atoms with Gasteiger partial charge in [-0.15, -0.1) is 0 Å². The summed E-state index contributed by atoms with van der Waals surface area (Å²) in [5.74, 6) is 1.29. The Hall–Kier alpha value is -6.13. The lowest BCUT2D eigenvalue weighted by Crippen LogP contribution is -2.48. The average molecular weight is 959 g/mol. The van der Waals surface area contributed by atoms with Crippen LogP contribution >= 0.6 is 0 Å². The Kier molecular flexibility index (Phi) is 14.0. The zero-order chi connectivity index (χ0) is 47.5. The highest BCUT2D eigenvalue weighted by Crippen LogP contribution is 2.39. The van der Waals surface area contributed by atoms with E-state index in [2.05, 4.69) is 40.6 Å². The predicted octanol–water partition coefficient (Wildman–Crippen LogP) is 6.08. The van der Waals surface area contributed by atoms with Crippen molar-refractivity contribution in [2.24, 2.45) is 0 Å². The van der Waals surface area contributed by atoms with Crippen LogP contribution in [0.3, 0.4) is 0 Å². The van der Waals surface area contributed by atoms with Crippen molar-refractivity contribution in [2.75, 3.05) is 141 Å². The molecule has 360 valence electrons. The van der Waals surface area contributed by atoms with Crippen LogP contribution in [0.5, 0.6) is 0 Å². The van der Waals surface area contributed by atoms with Gasteiger partial charge in [-0.25, -0.2) is 45.9 Å².